The van der Waals surface area contributed by atoms with Gasteiger partial charge in [0.2, 0.25) is 0 Å². The number of hydrogen-bond donors (Lipinski definition) is 1. The van der Waals surface area contributed by atoms with Crippen LogP contribution in [0.3, 0.4) is 0 Å². The van der Waals surface area contributed by atoms with Crippen molar-refractivity contribution in [2.75, 3.05) is 26.2 Å². The van der Waals surface area contributed by atoms with Crippen LogP contribution >= 0.6 is 0 Å². The Hall–Kier alpha value is -3.09. The average Bonchev–Trinajstić information content (AvgIpc) is 2.83. The SMILES string of the molecule is O=c1cccc2n1C[C@@H]1C[C@H]2CN(CC(O)COc2ccc(OCc3ccccc3)cc2)C1. The zero-order valence-corrected chi connectivity index (χ0v) is 18.7. The van der Waals surface area contributed by atoms with Gasteiger partial charge in [-0.3, -0.25) is 9.69 Å². The first-order valence-electron chi connectivity index (χ1n) is 11.6. The molecule has 2 bridgehead atoms. The second kappa shape index (κ2) is 9.81. The number of aliphatic hydroxyl groups is 1. The van der Waals surface area contributed by atoms with Gasteiger partial charge in [-0.15, -0.1) is 0 Å². The summed E-state index contributed by atoms with van der Waals surface area (Å²) in [7, 11) is 0. The number of nitrogens with zero attached hydrogens (tertiary/aromatic N) is 2. The summed E-state index contributed by atoms with van der Waals surface area (Å²) in [6.07, 6.45) is 0.543. The van der Waals surface area contributed by atoms with Crippen molar-refractivity contribution in [2.24, 2.45) is 5.92 Å². The highest BCUT2D eigenvalue weighted by molar-refractivity contribution is 5.31. The molecule has 0 spiro atoms. The van der Waals surface area contributed by atoms with E-state index in [0.717, 1.165) is 43.1 Å². The molecule has 2 aromatic carbocycles. The molecule has 6 nitrogen and oxygen atoms in total. The Morgan fingerprint density at radius 1 is 0.879 bits per heavy atom. The Morgan fingerprint density at radius 2 is 1.64 bits per heavy atom. The van der Waals surface area contributed by atoms with Crippen molar-refractivity contribution in [1.29, 1.82) is 0 Å². The van der Waals surface area contributed by atoms with E-state index >= 15 is 0 Å². The highest BCUT2D eigenvalue weighted by Crippen LogP contribution is 2.34. The minimum Gasteiger partial charge on any atom is -0.491 e. The third-order valence-electron chi connectivity index (χ3n) is 6.54. The summed E-state index contributed by atoms with van der Waals surface area (Å²) in [5, 5.41) is 10.6. The molecular weight excluding hydrogens is 416 g/mol. The lowest BCUT2D eigenvalue weighted by atomic mass is 9.83. The highest BCUT2D eigenvalue weighted by Gasteiger charge is 2.34. The number of benzene rings is 2. The van der Waals surface area contributed by atoms with E-state index in [1.165, 1.54) is 0 Å². The van der Waals surface area contributed by atoms with E-state index in [1.54, 1.807) is 6.07 Å². The minimum absolute atomic E-state index is 0.0977. The van der Waals surface area contributed by atoms with Gasteiger partial charge in [0.15, 0.2) is 0 Å². The highest BCUT2D eigenvalue weighted by atomic mass is 16.5. The van der Waals surface area contributed by atoms with E-state index < -0.39 is 6.10 Å². The van der Waals surface area contributed by atoms with Crippen molar-refractivity contribution in [3.63, 3.8) is 0 Å². The van der Waals surface area contributed by atoms with Gasteiger partial charge in [0, 0.05) is 43.9 Å². The molecule has 172 valence electrons. The third-order valence-corrected chi connectivity index (χ3v) is 6.54. The first kappa shape index (κ1) is 21.7. The van der Waals surface area contributed by atoms with E-state index in [0.29, 0.717) is 30.7 Å². The van der Waals surface area contributed by atoms with Crippen molar-refractivity contribution in [2.45, 2.75) is 31.6 Å². The summed E-state index contributed by atoms with van der Waals surface area (Å²) < 4.78 is 13.6. The molecule has 5 rings (SSSR count). The van der Waals surface area contributed by atoms with Crippen LogP contribution in [0.25, 0.3) is 0 Å². The van der Waals surface area contributed by atoms with Gasteiger partial charge in [-0.05, 0) is 48.2 Å². The lowest BCUT2D eigenvalue weighted by Crippen LogP contribution is -2.49. The van der Waals surface area contributed by atoms with Crippen LogP contribution < -0.4 is 15.0 Å². The summed E-state index contributed by atoms with van der Waals surface area (Å²) >= 11 is 0. The van der Waals surface area contributed by atoms with Gasteiger partial charge in [0.25, 0.3) is 5.56 Å². The summed E-state index contributed by atoms with van der Waals surface area (Å²) in [5.41, 5.74) is 2.35. The predicted molar refractivity (Wildman–Crippen MR) is 127 cm³/mol. The zero-order valence-electron chi connectivity index (χ0n) is 18.7. The number of aliphatic hydroxyl groups excluding tert-OH is 1. The maximum Gasteiger partial charge on any atom is 0.250 e. The largest absolute Gasteiger partial charge is 0.491 e. The zero-order chi connectivity index (χ0) is 22.6. The Morgan fingerprint density at radius 3 is 2.42 bits per heavy atom. The fraction of sp³-hybridized carbons (Fsp3) is 0.370. The summed E-state index contributed by atoms with van der Waals surface area (Å²) in [6, 6.07) is 23.1. The first-order chi connectivity index (χ1) is 16.1. The normalized spacial score (nSPS) is 20.6. The van der Waals surface area contributed by atoms with E-state index in [4.69, 9.17) is 9.47 Å². The molecule has 1 unspecified atom stereocenters. The quantitative estimate of drug-likeness (QED) is 0.575. The van der Waals surface area contributed by atoms with Crippen molar-refractivity contribution < 1.29 is 14.6 Å². The number of fused-ring (bicyclic) bond motifs is 4. The number of likely N-dealkylation sites (tertiary alicyclic amines) is 1. The maximum atomic E-state index is 12.2. The lowest BCUT2D eigenvalue weighted by Gasteiger charge is -2.43. The molecule has 2 aliphatic rings. The average molecular weight is 447 g/mol. The topological polar surface area (TPSA) is 63.9 Å². The van der Waals surface area contributed by atoms with Gasteiger partial charge in [-0.1, -0.05) is 36.4 Å². The van der Waals surface area contributed by atoms with Gasteiger partial charge in [0.1, 0.15) is 30.8 Å². The smallest absolute Gasteiger partial charge is 0.250 e. The van der Waals surface area contributed by atoms with Crippen LogP contribution in [0, 0.1) is 5.92 Å². The van der Waals surface area contributed by atoms with Crippen LogP contribution in [-0.4, -0.2) is 46.9 Å². The van der Waals surface area contributed by atoms with Crippen molar-refractivity contribution in [3.8, 4) is 11.5 Å². The summed E-state index contributed by atoms with van der Waals surface area (Å²) in [5.74, 6) is 2.30. The first-order valence-corrected chi connectivity index (χ1v) is 11.6. The standard InChI is InChI=1S/C27H30N2O4/c30-23(17-28-14-21-13-22(16-28)26-7-4-8-27(31)29(26)15-21)19-33-25-11-9-24(10-12-25)32-18-20-5-2-1-3-6-20/h1-12,21-23,30H,13-19H2/t21-,22+,23?/m1/s1. The maximum absolute atomic E-state index is 12.2. The molecule has 1 aromatic heterocycles. The van der Waals surface area contributed by atoms with Crippen LogP contribution in [0.5, 0.6) is 11.5 Å². The Bertz CT molecular complexity index is 1110. The number of piperidine rings is 1. The number of pyridine rings is 1. The van der Waals surface area contributed by atoms with Crippen molar-refractivity contribution >= 4 is 0 Å². The molecule has 3 heterocycles. The van der Waals surface area contributed by atoms with Crippen LogP contribution in [0.4, 0.5) is 0 Å². The molecule has 0 aliphatic carbocycles. The van der Waals surface area contributed by atoms with Crippen LogP contribution in [0.1, 0.15) is 23.6 Å². The molecule has 6 heteroatoms. The van der Waals surface area contributed by atoms with Crippen molar-refractivity contribution in [1.82, 2.24) is 9.47 Å². The van der Waals surface area contributed by atoms with Crippen molar-refractivity contribution in [3.05, 3.63) is 94.4 Å². The van der Waals surface area contributed by atoms with E-state index in [2.05, 4.69) is 11.0 Å². The lowest BCUT2D eigenvalue weighted by molar-refractivity contribution is 0.0384. The number of hydrogen-bond acceptors (Lipinski definition) is 5. The number of rotatable bonds is 8. The molecule has 1 saturated heterocycles. The van der Waals surface area contributed by atoms with E-state index in [-0.39, 0.29) is 12.2 Å². The number of aromatic nitrogens is 1. The fourth-order valence-corrected chi connectivity index (χ4v) is 5.06. The molecule has 0 saturated carbocycles. The molecular formula is C27H30N2O4. The Kier molecular flexibility index (Phi) is 6.46. The van der Waals surface area contributed by atoms with Crippen LogP contribution in [-0.2, 0) is 13.2 Å². The summed E-state index contributed by atoms with van der Waals surface area (Å²) in [6.45, 7) is 3.88. The number of ether oxygens (including phenoxy) is 2. The van der Waals surface area contributed by atoms with Gasteiger partial charge < -0.3 is 19.1 Å². The molecule has 1 fully saturated rings. The molecule has 3 atom stereocenters. The van der Waals surface area contributed by atoms with Crippen LogP contribution in [0.2, 0.25) is 0 Å². The molecule has 1 N–H and O–H groups in total. The van der Waals surface area contributed by atoms with Gasteiger partial charge >= 0.3 is 0 Å². The Labute approximate surface area is 194 Å². The second-order valence-corrected chi connectivity index (χ2v) is 9.13. The molecule has 0 amide bonds. The Balaban J connectivity index is 1.09. The van der Waals surface area contributed by atoms with E-state index in [9.17, 15) is 9.90 Å². The third kappa shape index (κ3) is 5.29. The van der Waals surface area contributed by atoms with Crippen LogP contribution in [0.15, 0.2) is 77.6 Å². The summed E-state index contributed by atoms with van der Waals surface area (Å²) in [4.78, 5) is 14.5. The molecule has 33 heavy (non-hydrogen) atoms. The fourth-order valence-electron chi connectivity index (χ4n) is 5.06. The van der Waals surface area contributed by atoms with E-state index in [1.807, 2.05) is 65.2 Å². The molecule has 3 aromatic rings. The van der Waals surface area contributed by atoms with Gasteiger partial charge in [-0.2, -0.15) is 0 Å². The monoisotopic (exact) mass is 446 g/mol. The van der Waals surface area contributed by atoms with Gasteiger partial charge in [0.05, 0.1) is 0 Å². The van der Waals surface area contributed by atoms with Gasteiger partial charge in [-0.25, -0.2) is 0 Å². The minimum atomic E-state index is -0.573. The second-order valence-electron chi connectivity index (χ2n) is 9.13. The number of β-amino-alcohol motifs (C(OH)–C–C–N with tert-alkyl or cyclic N) is 1. The predicted octanol–water partition coefficient (Wildman–Crippen LogP) is 3.29. The molecule has 0 radical (unpaired) electrons. The molecule has 2 aliphatic heterocycles.